The number of allylic oxidation sites excluding steroid dienone is 3. The highest BCUT2D eigenvalue weighted by molar-refractivity contribution is 7.85. The summed E-state index contributed by atoms with van der Waals surface area (Å²) in [6.07, 6.45) is 28.3. The van der Waals surface area contributed by atoms with Crippen molar-refractivity contribution >= 4 is 38.1 Å². The van der Waals surface area contributed by atoms with Crippen LogP contribution < -0.4 is 0 Å². The maximum Gasteiger partial charge on any atom is 0.331 e. The summed E-state index contributed by atoms with van der Waals surface area (Å²) < 4.78 is 73.4. The third-order valence-electron chi connectivity index (χ3n) is 9.49. The van der Waals surface area contributed by atoms with E-state index in [1.165, 1.54) is 70.6 Å². The van der Waals surface area contributed by atoms with Crippen LogP contribution in [0, 0.1) is 0 Å². The molecule has 0 heterocycles. The van der Waals surface area contributed by atoms with Crippen LogP contribution in [-0.4, -0.2) is 150 Å². The molecule has 0 radical (unpaired) electrons. The lowest BCUT2D eigenvalue weighted by atomic mass is 10.1. The van der Waals surface area contributed by atoms with Crippen LogP contribution in [0.1, 0.15) is 130 Å². The number of hydrogen-bond donors (Lipinski definition) is 1. The van der Waals surface area contributed by atoms with Crippen LogP contribution in [0.15, 0.2) is 36.5 Å². The molecule has 0 unspecified atom stereocenters. The largest absolute Gasteiger partial charge is 0.748 e. The van der Waals surface area contributed by atoms with E-state index < -0.39 is 32.2 Å². The number of ether oxygens (including phenoxy) is 2. The molecule has 348 valence electrons. The molecule has 0 saturated carbocycles. The number of rotatable bonds is 34. The molecule has 59 heavy (non-hydrogen) atoms. The summed E-state index contributed by atoms with van der Waals surface area (Å²) in [5.41, 5.74) is 0. The predicted molar refractivity (Wildman–Crippen MR) is 238 cm³/mol. The minimum Gasteiger partial charge on any atom is -0.748 e. The van der Waals surface area contributed by atoms with Gasteiger partial charge in [-0.2, -0.15) is 8.42 Å². The summed E-state index contributed by atoms with van der Waals surface area (Å²) in [4.78, 5) is 37.0. The first-order chi connectivity index (χ1) is 27.1. The zero-order valence-corrected chi connectivity index (χ0v) is 38.7. The second-order valence-electron chi connectivity index (χ2n) is 16.3. The highest BCUT2D eigenvalue weighted by atomic mass is 32.2. The summed E-state index contributed by atoms with van der Waals surface area (Å²) in [5, 5.41) is 0. The van der Waals surface area contributed by atoms with Gasteiger partial charge < -0.3 is 27.9 Å². The number of hydrogen-bond acceptors (Lipinski definition) is 10. The quantitative estimate of drug-likeness (QED) is 0.0174. The zero-order valence-electron chi connectivity index (χ0n) is 37.0. The third kappa shape index (κ3) is 46.3. The van der Waals surface area contributed by atoms with E-state index >= 15 is 0 Å². The fourth-order valence-electron chi connectivity index (χ4n) is 5.62. The van der Waals surface area contributed by atoms with Gasteiger partial charge in [0.05, 0.1) is 76.8 Å². The molecule has 0 bridgehead atoms. The van der Waals surface area contributed by atoms with Gasteiger partial charge in [0.15, 0.2) is 0 Å². The van der Waals surface area contributed by atoms with E-state index in [2.05, 4.69) is 19.9 Å². The first kappa shape index (κ1) is 60.7. The van der Waals surface area contributed by atoms with Gasteiger partial charge in [-0.15, -0.1) is 0 Å². The standard InChI is InChI=1S/C22H42N2O4S.C20H37NO7S.CH4/c1-5-6-7-8-9-10-11-12-13-14-15-17-22(25)23(2)18-20-24(3,4)19-16-21-29(26,27)28;1-4-5-6-7-8-9-10-16-27-19(22)12-13-20(23)28-17-15-21(2,3)14-11-18-29(24,25)26;/h13-15,17H,5-12,16,18-21H2,1-4H3;12-13H,4-11,14-18H2,1-3H3;1H4/p+1/b;13-12-;. The monoisotopic (exact) mass is 883 g/mol. The molecule has 0 aromatic heterocycles. The fourth-order valence-corrected chi connectivity index (χ4v) is 6.59. The van der Waals surface area contributed by atoms with Crippen LogP contribution in [0.4, 0.5) is 0 Å². The smallest absolute Gasteiger partial charge is 0.331 e. The molecule has 0 rings (SSSR count). The van der Waals surface area contributed by atoms with Crippen molar-refractivity contribution in [2.45, 2.75) is 130 Å². The van der Waals surface area contributed by atoms with Gasteiger partial charge in [0.25, 0.3) is 10.1 Å². The van der Waals surface area contributed by atoms with Gasteiger partial charge in [0, 0.05) is 43.9 Å². The van der Waals surface area contributed by atoms with Gasteiger partial charge in [0.2, 0.25) is 5.91 Å². The Morgan fingerprint density at radius 3 is 1.58 bits per heavy atom. The lowest BCUT2D eigenvalue weighted by Gasteiger charge is -2.31. The second-order valence-corrected chi connectivity index (χ2v) is 19.4. The van der Waals surface area contributed by atoms with Gasteiger partial charge in [-0.1, -0.05) is 117 Å². The molecule has 14 nitrogen and oxygen atoms in total. The minimum absolute atomic E-state index is 0. The Morgan fingerprint density at radius 2 is 1.07 bits per heavy atom. The highest BCUT2D eigenvalue weighted by Crippen LogP contribution is 2.09. The van der Waals surface area contributed by atoms with Crippen LogP contribution in [0.25, 0.3) is 0 Å². The van der Waals surface area contributed by atoms with E-state index in [1.54, 1.807) is 24.1 Å². The van der Waals surface area contributed by atoms with E-state index in [-0.39, 0.29) is 31.4 Å². The number of nitrogens with zero attached hydrogens (tertiary/aromatic N) is 3. The summed E-state index contributed by atoms with van der Waals surface area (Å²) in [6.45, 7) is 7.74. The average Bonchev–Trinajstić information content (AvgIpc) is 3.12. The molecule has 0 aromatic carbocycles. The van der Waals surface area contributed by atoms with Crippen molar-refractivity contribution in [3.63, 3.8) is 0 Å². The van der Waals surface area contributed by atoms with Crippen molar-refractivity contribution in [2.24, 2.45) is 0 Å². The molecule has 0 aliphatic heterocycles. The molecular formula is C43H84N3O11S2+. The molecular weight excluding hydrogens is 799 g/mol. The molecule has 0 aliphatic rings. The van der Waals surface area contributed by atoms with Crippen molar-refractivity contribution in [1.82, 2.24) is 4.90 Å². The average molecular weight is 883 g/mol. The van der Waals surface area contributed by atoms with Gasteiger partial charge in [-0.25, -0.2) is 18.0 Å². The Kier molecular flexibility index (Phi) is 37.1. The minimum atomic E-state index is -4.16. The number of carbonyl (C=O) groups is 3. The van der Waals surface area contributed by atoms with Gasteiger partial charge in [0.1, 0.15) is 13.2 Å². The van der Waals surface area contributed by atoms with E-state index in [4.69, 9.17) is 14.0 Å². The summed E-state index contributed by atoms with van der Waals surface area (Å²) in [6, 6.07) is 0. The number of esters is 2. The Labute approximate surface area is 360 Å². The first-order valence-electron chi connectivity index (χ1n) is 21.3. The van der Waals surface area contributed by atoms with Crippen LogP contribution in [0.5, 0.6) is 0 Å². The molecule has 16 heteroatoms. The normalized spacial score (nSPS) is 12.4. The number of unbranched alkanes of at least 4 members (excludes halogenated alkanes) is 13. The van der Waals surface area contributed by atoms with Gasteiger partial charge in [-0.05, 0) is 19.3 Å². The molecule has 0 fully saturated rings. The number of amides is 1. The van der Waals surface area contributed by atoms with E-state index in [0.29, 0.717) is 61.1 Å². The third-order valence-corrected chi connectivity index (χ3v) is 11.1. The predicted octanol–water partition coefficient (Wildman–Crippen LogP) is 7.08. The number of likely N-dealkylation sites (N-methyl/N-ethyl adjacent to an activating group) is 3. The molecule has 1 amide bonds. The van der Waals surface area contributed by atoms with Crippen molar-refractivity contribution in [3.05, 3.63) is 36.5 Å². The Morgan fingerprint density at radius 1 is 0.610 bits per heavy atom. The lowest BCUT2D eigenvalue weighted by Crippen LogP contribution is -2.46. The van der Waals surface area contributed by atoms with Crippen molar-refractivity contribution in [3.8, 4) is 0 Å². The Hall–Kier alpha value is -2.63. The van der Waals surface area contributed by atoms with Crippen LogP contribution in [-0.2, 0) is 44.1 Å². The lowest BCUT2D eigenvalue weighted by molar-refractivity contribution is -0.890. The van der Waals surface area contributed by atoms with Gasteiger partial charge >= 0.3 is 11.9 Å². The Balaban J connectivity index is -0.00000105. The van der Waals surface area contributed by atoms with Crippen LogP contribution in [0.2, 0.25) is 0 Å². The number of carbonyl (C=O) groups excluding carboxylic acids is 3. The summed E-state index contributed by atoms with van der Waals surface area (Å²) in [7, 11) is 1.32. The van der Waals surface area contributed by atoms with Crippen molar-refractivity contribution in [2.75, 3.05) is 92.7 Å². The number of quaternary nitrogens is 2. The summed E-state index contributed by atoms with van der Waals surface area (Å²) in [5.74, 6) is -1.87. The second kappa shape index (κ2) is 36.1. The van der Waals surface area contributed by atoms with Crippen LogP contribution in [0.3, 0.4) is 0 Å². The summed E-state index contributed by atoms with van der Waals surface area (Å²) >= 11 is 0. The molecule has 1 N–H and O–H groups in total. The van der Waals surface area contributed by atoms with Crippen molar-refractivity contribution < 1.29 is 58.8 Å². The van der Waals surface area contributed by atoms with Gasteiger partial charge in [-0.3, -0.25) is 9.35 Å². The molecule has 0 aromatic rings. The van der Waals surface area contributed by atoms with E-state index in [1.807, 2.05) is 34.3 Å². The van der Waals surface area contributed by atoms with E-state index in [0.717, 1.165) is 37.8 Å². The topological polar surface area (TPSA) is 184 Å². The molecule has 0 spiro atoms. The Bertz CT molecular complexity index is 1410. The molecule has 0 saturated heterocycles. The van der Waals surface area contributed by atoms with Crippen molar-refractivity contribution in [1.29, 1.82) is 0 Å². The molecule has 0 aliphatic carbocycles. The SMILES string of the molecule is C.CCCCCCCCCC=CC=CC(=O)N(C)CC[N+](C)(C)CCCS(=O)(=O)[O-].CCCCCCCCCOC(=O)/C=C\C(=O)OCC[N+](C)(C)CCCS(=O)(=O)O. The van der Waals surface area contributed by atoms with Crippen LogP contribution >= 0.6 is 0 Å². The zero-order chi connectivity index (χ0) is 44.4. The van der Waals surface area contributed by atoms with E-state index in [9.17, 15) is 35.8 Å². The first-order valence-corrected chi connectivity index (χ1v) is 24.4. The highest BCUT2D eigenvalue weighted by Gasteiger charge is 2.18. The maximum absolute atomic E-state index is 12.1. The molecule has 0 atom stereocenters. The maximum atomic E-state index is 12.1. The fraction of sp³-hybridized carbons (Fsp3) is 0.791.